The minimum absolute atomic E-state index is 0.272. The summed E-state index contributed by atoms with van der Waals surface area (Å²) in [5.74, 6) is 0.517. The molecule has 0 unspecified atom stereocenters. The minimum Gasteiger partial charge on any atom is -0.488 e. The second-order valence-electron chi connectivity index (χ2n) is 9.56. The molecule has 6 nitrogen and oxygen atoms in total. The zero-order valence-electron chi connectivity index (χ0n) is 21.8. The van der Waals surface area contributed by atoms with Crippen molar-refractivity contribution in [3.8, 4) is 16.3 Å². The van der Waals surface area contributed by atoms with Gasteiger partial charge in [0.15, 0.2) is 0 Å². The summed E-state index contributed by atoms with van der Waals surface area (Å²) >= 11 is 1.51. The molecule has 3 N–H and O–H groups in total. The SMILES string of the molecule is Cc1cc(-c2nc3cc(F)ccc3s2)ccc1NC(=O)NCCc1c[nH]c2cccc(OCc3ccccc3)c12. The number of halogens is 1. The van der Waals surface area contributed by atoms with Gasteiger partial charge >= 0.3 is 6.03 Å². The molecule has 8 heteroatoms. The molecule has 2 aromatic heterocycles. The lowest BCUT2D eigenvalue weighted by Gasteiger charge is -2.12. The first kappa shape index (κ1) is 25.6. The van der Waals surface area contributed by atoms with Crippen LogP contribution in [-0.2, 0) is 13.0 Å². The van der Waals surface area contributed by atoms with E-state index in [0.717, 1.165) is 54.3 Å². The molecule has 0 aliphatic rings. The lowest BCUT2D eigenvalue weighted by atomic mass is 10.1. The molecule has 6 rings (SSSR count). The Bertz CT molecular complexity index is 1810. The number of fused-ring (bicyclic) bond motifs is 2. The number of carbonyl (C=O) groups excluding carboxylic acids is 1. The second-order valence-corrected chi connectivity index (χ2v) is 10.6. The van der Waals surface area contributed by atoms with Crippen molar-refractivity contribution in [3.63, 3.8) is 0 Å². The first-order valence-corrected chi connectivity index (χ1v) is 13.8. The van der Waals surface area contributed by atoms with Crippen molar-refractivity contribution in [3.05, 3.63) is 114 Å². The van der Waals surface area contributed by atoms with Gasteiger partial charge in [0, 0.05) is 41.0 Å². The number of aromatic amines is 1. The Hall–Kier alpha value is -4.69. The summed E-state index contributed by atoms with van der Waals surface area (Å²) in [5.41, 5.74) is 6.38. The van der Waals surface area contributed by atoms with Gasteiger partial charge in [-0.1, -0.05) is 36.4 Å². The van der Waals surface area contributed by atoms with Crippen LogP contribution in [-0.4, -0.2) is 22.5 Å². The third-order valence-corrected chi connectivity index (χ3v) is 7.82. The second kappa shape index (κ2) is 11.2. The highest BCUT2D eigenvalue weighted by molar-refractivity contribution is 7.21. The van der Waals surface area contributed by atoms with E-state index in [1.807, 2.05) is 79.9 Å². The van der Waals surface area contributed by atoms with E-state index < -0.39 is 0 Å². The van der Waals surface area contributed by atoms with Gasteiger partial charge in [0.2, 0.25) is 0 Å². The number of H-pyrrole nitrogens is 1. The van der Waals surface area contributed by atoms with E-state index in [1.54, 1.807) is 6.07 Å². The van der Waals surface area contributed by atoms with Gasteiger partial charge in [0.1, 0.15) is 23.2 Å². The third-order valence-electron chi connectivity index (χ3n) is 6.74. The third kappa shape index (κ3) is 5.53. The monoisotopic (exact) mass is 550 g/mol. The normalized spacial score (nSPS) is 11.2. The molecule has 200 valence electrons. The molecule has 2 amide bonds. The van der Waals surface area contributed by atoms with Crippen molar-refractivity contribution in [1.82, 2.24) is 15.3 Å². The van der Waals surface area contributed by atoms with Crippen LogP contribution >= 0.6 is 11.3 Å². The van der Waals surface area contributed by atoms with Gasteiger partial charge in [-0.3, -0.25) is 0 Å². The van der Waals surface area contributed by atoms with Crippen molar-refractivity contribution in [1.29, 1.82) is 0 Å². The summed E-state index contributed by atoms with van der Waals surface area (Å²) in [5, 5.41) is 7.74. The summed E-state index contributed by atoms with van der Waals surface area (Å²) in [6.07, 6.45) is 2.62. The number of ether oxygens (including phenoxy) is 1. The molecule has 0 atom stereocenters. The van der Waals surface area contributed by atoms with Crippen molar-refractivity contribution < 1.29 is 13.9 Å². The average Bonchev–Trinajstić information content (AvgIpc) is 3.58. The number of aromatic nitrogens is 2. The first-order chi connectivity index (χ1) is 19.5. The largest absolute Gasteiger partial charge is 0.488 e. The Morgan fingerprint density at radius 1 is 1.02 bits per heavy atom. The average molecular weight is 551 g/mol. The maximum Gasteiger partial charge on any atom is 0.319 e. The van der Waals surface area contributed by atoms with Crippen molar-refractivity contribution in [2.24, 2.45) is 0 Å². The molecule has 0 fully saturated rings. The number of hydrogen-bond acceptors (Lipinski definition) is 4. The van der Waals surface area contributed by atoms with Crippen LogP contribution in [0.3, 0.4) is 0 Å². The number of nitrogens with one attached hydrogen (secondary N) is 3. The van der Waals surface area contributed by atoms with Crippen molar-refractivity contribution in [2.75, 3.05) is 11.9 Å². The van der Waals surface area contributed by atoms with Crippen LogP contribution < -0.4 is 15.4 Å². The van der Waals surface area contributed by atoms with E-state index >= 15 is 0 Å². The first-order valence-electron chi connectivity index (χ1n) is 13.0. The number of nitrogens with zero attached hydrogens (tertiary/aromatic N) is 1. The smallest absolute Gasteiger partial charge is 0.319 e. The fraction of sp³-hybridized carbons (Fsp3) is 0.125. The molecule has 0 radical (unpaired) electrons. The topological polar surface area (TPSA) is 79.0 Å². The molecule has 0 bridgehead atoms. The summed E-state index contributed by atoms with van der Waals surface area (Å²) in [6, 6.07) is 26.2. The van der Waals surface area contributed by atoms with Gasteiger partial charge in [-0.25, -0.2) is 14.2 Å². The highest BCUT2D eigenvalue weighted by Gasteiger charge is 2.12. The molecule has 0 saturated heterocycles. The number of urea groups is 1. The Labute approximate surface area is 234 Å². The van der Waals surface area contributed by atoms with Crippen LogP contribution in [0.15, 0.2) is 91.1 Å². The lowest BCUT2D eigenvalue weighted by molar-refractivity contribution is 0.252. The van der Waals surface area contributed by atoms with E-state index in [-0.39, 0.29) is 11.8 Å². The van der Waals surface area contributed by atoms with Crippen molar-refractivity contribution >= 4 is 44.2 Å². The van der Waals surface area contributed by atoms with Crippen LogP contribution in [0.1, 0.15) is 16.7 Å². The summed E-state index contributed by atoms with van der Waals surface area (Å²) in [7, 11) is 0. The molecular formula is C32H27FN4O2S. The molecular weight excluding hydrogens is 523 g/mol. The quantitative estimate of drug-likeness (QED) is 0.181. The maximum atomic E-state index is 13.5. The molecule has 0 saturated carbocycles. The van der Waals surface area contributed by atoms with Gasteiger partial charge in [-0.05, 0) is 72.5 Å². The van der Waals surface area contributed by atoms with Crippen LogP contribution in [0.2, 0.25) is 0 Å². The molecule has 0 aliphatic carbocycles. The predicted octanol–water partition coefficient (Wildman–Crippen LogP) is 7.84. The molecule has 40 heavy (non-hydrogen) atoms. The fourth-order valence-corrected chi connectivity index (χ4v) is 5.65. The van der Waals surface area contributed by atoms with Crippen LogP contribution in [0.4, 0.5) is 14.9 Å². The molecule has 0 aliphatic heterocycles. The number of thiazole rings is 1. The zero-order valence-corrected chi connectivity index (χ0v) is 22.6. The van der Waals surface area contributed by atoms with Crippen molar-refractivity contribution in [2.45, 2.75) is 20.0 Å². The molecule has 4 aromatic carbocycles. The summed E-state index contributed by atoms with van der Waals surface area (Å²) in [4.78, 5) is 20.6. The van der Waals surface area contributed by atoms with E-state index in [9.17, 15) is 9.18 Å². The Balaban J connectivity index is 1.08. The van der Waals surface area contributed by atoms with E-state index in [0.29, 0.717) is 25.1 Å². The van der Waals surface area contributed by atoms with Gasteiger partial charge in [0.05, 0.1) is 10.2 Å². The Morgan fingerprint density at radius 2 is 1.90 bits per heavy atom. The summed E-state index contributed by atoms with van der Waals surface area (Å²) in [6.45, 7) is 2.89. The predicted molar refractivity (Wildman–Crippen MR) is 160 cm³/mol. The number of aryl methyl sites for hydroxylation is 1. The number of amides is 2. The number of carbonyl (C=O) groups is 1. The van der Waals surface area contributed by atoms with Crippen LogP contribution in [0, 0.1) is 12.7 Å². The van der Waals surface area contributed by atoms with E-state index in [4.69, 9.17) is 4.74 Å². The van der Waals surface area contributed by atoms with Gasteiger partial charge in [-0.15, -0.1) is 11.3 Å². The fourth-order valence-electron chi connectivity index (χ4n) is 4.71. The summed E-state index contributed by atoms with van der Waals surface area (Å²) < 4.78 is 20.6. The minimum atomic E-state index is -0.299. The van der Waals surface area contributed by atoms with E-state index in [2.05, 4.69) is 20.6 Å². The van der Waals surface area contributed by atoms with Gasteiger partial charge in [0.25, 0.3) is 0 Å². The number of anilines is 1. The molecule has 2 heterocycles. The highest BCUT2D eigenvalue weighted by Crippen LogP contribution is 2.33. The number of benzene rings is 4. The maximum absolute atomic E-state index is 13.5. The Morgan fingerprint density at radius 3 is 2.75 bits per heavy atom. The number of rotatable bonds is 8. The Kier molecular flexibility index (Phi) is 7.16. The van der Waals surface area contributed by atoms with Gasteiger partial charge < -0.3 is 20.4 Å². The molecule has 0 spiro atoms. The molecule has 6 aromatic rings. The standard InChI is InChI=1S/C32H27FN4O2S/c1-20-16-22(31-36-27-17-24(33)11-13-29(27)40-31)10-12-25(20)37-32(38)34-15-14-23-18-35-26-8-5-9-28(30(23)26)39-19-21-6-3-2-4-7-21/h2-13,16-18,35H,14-15,19H2,1H3,(H2,34,37,38). The van der Waals surface area contributed by atoms with Crippen LogP contribution in [0.25, 0.3) is 31.7 Å². The lowest BCUT2D eigenvalue weighted by Crippen LogP contribution is -2.30. The zero-order chi connectivity index (χ0) is 27.5. The highest BCUT2D eigenvalue weighted by atomic mass is 32.1. The van der Waals surface area contributed by atoms with Crippen LogP contribution in [0.5, 0.6) is 5.75 Å². The number of hydrogen-bond donors (Lipinski definition) is 3. The van der Waals surface area contributed by atoms with E-state index in [1.165, 1.54) is 23.5 Å². The van der Waals surface area contributed by atoms with Gasteiger partial charge in [-0.2, -0.15) is 0 Å².